The Bertz CT molecular complexity index is 907. The van der Waals surface area contributed by atoms with E-state index in [9.17, 15) is 13.2 Å². The first-order valence-corrected chi connectivity index (χ1v) is 8.15. The fourth-order valence-corrected chi connectivity index (χ4v) is 2.94. The number of aryl methyl sites for hydroxylation is 1. The van der Waals surface area contributed by atoms with E-state index in [0.717, 1.165) is 11.6 Å². The second kappa shape index (κ2) is 6.24. The number of hydrogen-bond donors (Lipinski definition) is 1. The van der Waals surface area contributed by atoms with Crippen molar-refractivity contribution in [1.82, 2.24) is 0 Å². The summed E-state index contributed by atoms with van der Waals surface area (Å²) in [6, 6.07) is 9.81. The SMILES string of the molecule is C#Cc1cc(-c2ccc(C)cc2)c(S(N)(=O)=O)cc1C(=O)OC. The van der Waals surface area contributed by atoms with Gasteiger partial charge in [-0.25, -0.2) is 18.4 Å². The lowest BCUT2D eigenvalue weighted by molar-refractivity contribution is 0.0600. The molecule has 5 nitrogen and oxygen atoms in total. The molecular weight excluding hydrogens is 314 g/mol. The van der Waals surface area contributed by atoms with Crippen molar-refractivity contribution in [3.8, 4) is 23.5 Å². The summed E-state index contributed by atoms with van der Waals surface area (Å²) in [5, 5.41) is 5.30. The lowest BCUT2D eigenvalue weighted by atomic mass is 9.98. The van der Waals surface area contributed by atoms with Crippen LogP contribution in [-0.2, 0) is 14.8 Å². The van der Waals surface area contributed by atoms with E-state index in [0.29, 0.717) is 11.1 Å². The number of carbonyl (C=O) groups excluding carboxylic acids is 1. The minimum absolute atomic E-state index is 0.0186. The van der Waals surface area contributed by atoms with Gasteiger partial charge in [0, 0.05) is 11.1 Å². The highest BCUT2D eigenvalue weighted by molar-refractivity contribution is 7.89. The van der Waals surface area contributed by atoms with Crippen LogP contribution in [0.15, 0.2) is 41.3 Å². The second-order valence-corrected chi connectivity index (χ2v) is 6.47. The van der Waals surface area contributed by atoms with Gasteiger partial charge in [-0.3, -0.25) is 0 Å². The van der Waals surface area contributed by atoms with Crippen molar-refractivity contribution in [3.05, 3.63) is 53.1 Å². The zero-order valence-corrected chi connectivity index (χ0v) is 13.5. The van der Waals surface area contributed by atoms with Crippen molar-refractivity contribution in [1.29, 1.82) is 0 Å². The Hall–Kier alpha value is -2.62. The highest BCUT2D eigenvalue weighted by Gasteiger charge is 2.21. The van der Waals surface area contributed by atoms with Crippen molar-refractivity contribution in [2.75, 3.05) is 7.11 Å². The monoisotopic (exact) mass is 329 g/mol. The minimum Gasteiger partial charge on any atom is -0.465 e. The molecular formula is C17H15NO4S. The van der Waals surface area contributed by atoms with E-state index >= 15 is 0 Å². The molecule has 2 aromatic carbocycles. The van der Waals surface area contributed by atoms with Crippen molar-refractivity contribution >= 4 is 16.0 Å². The van der Waals surface area contributed by atoms with Gasteiger partial charge in [0.05, 0.1) is 17.6 Å². The van der Waals surface area contributed by atoms with Crippen LogP contribution in [0.5, 0.6) is 0 Å². The van der Waals surface area contributed by atoms with Gasteiger partial charge in [-0.05, 0) is 24.6 Å². The van der Waals surface area contributed by atoms with Crippen LogP contribution in [0.1, 0.15) is 21.5 Å². The van der Waals surface area contributed by atoms with Crippen LogP contribution in [0, 0.1) is 19.3 Å². The second-order valence-electron chi connectivity index (χ2n) is 4.94. The molecule has 0 amide bonds. The number of terminal acetylenes is 1. The fraction of sp³-hybridized carbons (Fsp3) is 0.118. The van der Waals surface area contributed by atoms with Crippen molar-refractivity contribution < 1.29 is 17.9 Å². The maximum absolute atomic E-state index is 11.9. The zero-order valence-electron chi connectivity index (χ0n) is 12.7. The maximum Gasteiger partial charge on any atom is 0.339 e. The predicted molar refractivity (Wildman–Crippen MR) is 87.3 cm³/mol. The van der Waals surface area contributed by atoms with Crippen LogP contribution in [0.2, 0.25) is 0 Å². The summed E-state index contributed by atoms with van der Waals surface area (Å²) < 4.78 is 28.5. The number of hydrogen-bond acceptors (Lipinski definition) is 4. The number of ether oxygens (including phenoxy) is 1. The summed E-state index contributed by atoms with van der Waals surface area (Å²) in [5.41, 5.74) is 2.21. The largest absolute Gasteiger partial charge is 0.465 e. The first kappa shape index (κ1) is 16.7. The molecule has 2 N–H and O–H groups in total. The molecule has 2 rings (SSSR count). The van der Waals surface area contributed by atoms with Gasteiger partial charge in [0.15, 0.2) is 0 Å². The lowest BCUT2D eigenvalue weighted by Gasteiger charge is -2.12. The van der Waals surface area contributed by atoms with E-state index in [1.165, 1.54) is 13.2 Å². The summed E-state index contributed by atoms with van der Waals surface area (Å²) in [6.45, 7) is 1.91. The first-order valence-electron chi connectivity index (χ1n) is 6.60. The molecule has 6 heteroatoms. The molecule has 118 valence electrons. The first-order chi connectivity index (χ1) is 10.8. The van der Waals surface area contributed by atoms with Gasteiger partial charge in [-0.1, -0.05) is 35.7 Å². The summed E-state index contributed by atoms with van der Waals surface area (Å²) in [5.74, 6) is 1.65. The zero-order chi connectivity index (χ0) is 17.2. The number of sulfonamides is 1. The van der Waals surface area contributed by atoms with Crippen LogP contribution in [0.25, 0.3) is 11.1 Å². The average molecular weight is 329 g/mol. The summed E-state index contributed by atoms with van der Waals surface area (Å²) >= 11 is 0. The number of esters is 1. The summed E-state index contributed by atoms with van der Waals surface area (Å²) in [4.78, 5) is 11.6. The standard InChI is InChI=1S/C17H15NO4S/c1-4-12-9-14(13-7-5-11(2)6-8-13)16(23(18,20)21)10-15(12)17(19)22-3/h1,5-10H,2-3H3,(H2,18,20,21). The highest BCUT2D eigenvalue weighted by atomic mass is 32.2. The number of methoxy groups -OCH3 is 1. The van der Waals surface area contributed by atoms with E-state index in [4.69, 9.17) is 11.6 Å². The maximum atomic E-state index is 11.9. The molecule has 0 unspecified atom stereocenters. The Morgan fingerprint density at radius 3 is 2.30 bits per heavy atom. The molecule has 0 radical (unpaired) electrons. The quantitative estimate of drug-likeness (QED) is 0.690. The minimum atomic E-state index is -4.06. The fourth-order valence-electron chi connectivity index (χ4n) is 2.17. The van der Waals surface area contributed by atoms with Crippen LogP contribution < -0.4 is 5.14 Å². The summed E-state index contributed by atoms with van der Waals surface area (Å²) in [6.07, 6.45) is 5.43. The molecule has 0 saturated heterocycles. The third kappa shape index (κ3) is 3.42. The van der Waals surface area contributed by atoms with Crippen molar-refractivity contribution in [3.63, 3.8) is 0 Å². The van der Waals surface area contributed by atoms with Crippen LogP contribution in [0.4, 0.5) is 0 Å². The van der Waals surface area contributed by atoms with Crippen LogP contribution >= 0.6 is 0 Å². The molecule has 0 saturated carbocycles. The molecule has 23 heavy (non-hydrogen) atoms. The molecule has 0 heterocycles. The smallest absolute Gasteiger partial charge is 0.339 e. The van der Waals surface area contributed by atoms with Gasteiger partial charge < -0.3 is 4.74 Å². The van der Waals surface area contributed by atoms with E-state index in [2.05, 4.69) is 10.7 Å². The molecule has 0 aliphatic carbocycles. The van der Waals surface area contributed by atoms with Gasteiger partial charge in [0.2, 0.25) is 10.0 Å². The Morgan fingerprint density at radius 1 is 1.22 bits per heavy atom. The number of primary sulfonamides is 1. The van der Waals surface area contributed by atoms with Gasteiger partial charge in [0.25, 0.3) is 0 Å². The molecule has 0 bridgehead atoms. The van der Waals surface area contributed by atoms with Gasteiger partial charge in [-0.15, -0.1) is 6.42 Å². The van der Waals surface area contributed by atoms with Crippen molar-refractivity contribution in [2.24, 2.45) is 5.14 Å². The van der Waals surface area contributed by atoms with E-state index < -0.39 is 16.0 Å². The number of benzene rings is 2. The van der Waals surface area contributed by atoms with E-state index in [-0.39, 0.29) is 16.0 Å². The number of carbonyl (C=O) groups is 1. The predicted octanol–water partition coefficient (Wildman–Crippen LogP) is 2.08. The Balaban J connectivity index is 2.83. The number of nitrogens with two attached hydrogens (primary N) is 1. The highest BCUT2D eigenvalue weighted by Crippen LogP contribution is 2.30. The molecule has 0 aliphatic rings. The molecule has 2 aromatic rings. The average Bonchev–Trinajstić information content (AvgIpc) is 2.52. The summed E-state index contributed by atoms with van der Waals surface area (Å²) in [7, 11) is -2.87. The molecule has 0 aromatic heterocycles. The Morgan fingerprint density at radius 2 is 1.83 bits per heavy atom. The molecule has 0 aliphatic heterocycles. The third-order valence-corrected chi connectivity index (χ3v) is 4.30. The topological polar surface area (TPSA) is 86.5 Å². The van der Waals surface area contributed by atoms with E-state index in [1.54, 1.807) is 12.1 Å². The van der Waals surface area contributed by atoms with Crippen LogP contribution in [-0.4, -0.2) is 21.5 Å². The number of rotatable bonds is 3. The van der Waals surface area contributed by atoms with Crippen molar-refractivity contribution in [2.45, 2.75) is 11.8 Å². The molecule has 0 spiro atoms. The molecule has 0 fully saturated rings. The Labute approximate surface area is 135 Å². The van der Waals surface area contributed by atoms with Gasteiger partial charge in [-0.2, -0.15) is 0 Å². The third-order valence-electron chi connectivity index (χ3n) is 3.35. The van der Waals surface area contributed by atoms with Gasteiger partial charge >= 0.3 is 5.97 Å². The van der Waals surface area contributed by atoms with E-state index in [1.807, 2.05) is 19.1 Å². The van der Waals surface area contributed by atoms with Crippen LogP contribution in [0.3, 0.4) is 0 Å². The normalized spacial score (nSPS) is 10.9. The Kier molecular flexibility index (Phi) is 4.55. The lowest BCUT2D eigenvalue weighted by Crippen LogP contribution is -2.16. The van der Waals surface area contributed by atoms with Gasteiger partial charge in [0.1, 0.15) is 0 Å². The molecule has 0 atom stereocenters.